The molecule has 0 amide bonds. The zero-order chi connectivity index (χ0) is 17.4. The molecule has 2 aliphatic rings. The fraction of sp³-hybridized carbons (Fsp3) is 0.333. The number of hydrogen-bond acceptors (Lipinski definition) is 5. The maximum Gasteiger partial charge on any atom is 0.135 e. The normalized spacial score (nSPS) is 20.8. The van der Waals surface area contributed by atoms with E-state index in [0.717, 1.165) is 35.2 Å². The Kier molecular flexibility index (Phi) is 4.62. The van der Waals surface area contributed by atoms with Crippen LogP contribution in [-0.2, 0) is 4.74 Å². The lowest BCUT2D eigenvalue weighted by Crippen LogP contribution is -2.34. The largest absolute Gasteiger partial charge is 0.510 e. The second-order valence-electron chi connectivity index (χ2n) is 6.23. The van der Waals surface area contributed by atoms with E-state index in [0.29, 0.717) is 29.5 Å². The van der Waals surface area contributed by atoms with Crippen molar-refractivity contribution in [2.24, 2.45) is 0 Å². The van der Waals surface area contributed by atoms with Gasteiger partial charge in [0, 0.05) is 28.6 Å². The lowest BCUT2D eigenvalue weighted by Gasteiger charge is -2.21. The molecule has 0 saturated carbocycles. The molecule has 7 heteroatoms. The highest BCUT2D eigenvalue weighted by molar-refractivity contribution is 9.10. The van der Waals surface area contributed by atoms with Crippen molar-refractivity contribution in [1.82, 2.24) is 9.88 Å². The molecule has 130 valence electrons. The predicted octanol–water partition coefficient (Wildman–Crippen LogP) is 4.31. The number of benzene rings is 1. The molecule has 0 bridgehead atoms. The van der Waals surface area contributed by atoms with Gasteiger partial charge in [-0.1, -0.05) is 28.1 Å². The fourth-order valence-corrected chi connectivity index (χ4v) is 4.35. The van der Waals surface area contributed by atoms with Crippen molar-refractivity contribution in [2.45, 2.75) is 18.9 Å². The summed E-state index contributed by atoms with van der Waals surface area (Å²) in [6, 6.07) is 7.96. The van der Waals surface area contributed by atoms with Gasteiger partial charge in [0.2, 0.25) is 0 Å². The van der Waals surface area contributed by atoms with Crippen LogP contribution in [-0.4, -0.2) is 46.6 Å². The Labute approximate surface area is 158 Å². The van der Waals surface area contributed by atoms with Gasteiger partial charge in [-0.2, -0.15) is 0 Å². The van der Waals surface area contributed by atoms with Crippen LogP contribution < -0.4 is 0 Å². The third-order valence-electron chi connectivity index (χ3n) is 4.49. The highest BCUT2D eigenvalue weighted by Crippen LogP contribution is 2.33. The Hall–Kier alpha value is -1.70. The summed E-state index contributed by atoms with van der Waals surface area (Å²) < 4.78 is 6.68. The summed E-state index contributed by atoms with van der Waals surface area (Å²) in [6.07, 6.45) is 2.24. The van der Waals surface area contributed by atoms with Crippen molar-refractivity contribution in [3.63, 3.8) is 0 Å². The van der Waals surface area contributed by atoms with E-state index < -0.39 is 0 Å². The van der Waals surface area contributed by atoms with Crippen LogP contribution in [0.15, 0.2) is 39.9 Å². The van der Waals surface area contributed by atoms with Gasteiger partial charge in [-0.25, -0.2) is 4.98 Å². The molecule has 1 fully saturated rings. The zero-order valence-electron chi connectivity index (χ0n) is 13.5. The SMILES string of the molecule is N=C1C(c2nc(-c3ccc(Br)cc3)cs2)=C(O)CN1C[C@@H]1CCCO1. The van der Waals surface area contributed by atoms with Crippen LogP contribution in [0.2, 0.25) is 0 Å². The average Bonchev–Trinajstić information content (AvgIpc) is 3.31. The summed E-state index contributed by atoms with van der Waals surface area (Å²) in [5.41, 5.74) is 2.43. The molecule has 5 nitrogen and oxygen atoms in total. The molecule has 0 radical (unpaired) electrons. The predicted molar refractivity (Wildman–Crippen MR) is 103 cm³/mol. The second-order valence-corrected chi connectivity index (χ2v) is 8.00. The molecule has 1 aromatic carbocycles. The van der Waals surface area contributed by atoms with Crippen molar-refractivity contribution >= 4 is 38.7 Å². The van der Waals surface area contributed by atoms with Crippen LogP contribution in [0.25, 0.3) is 16.8 Å². The molecule has 0 unspecified atom stereocenters. The number of ether oxygens (including phenoxy) is 1. The number of rotatable bonds is 4. The van der Waals surface area contributed by atoms with Gasteiger partial charge >= 0.3 is 0 Å². The lowest BCUT2D eigenvalue weighted by atomic mass is 10.2. The fourth-order valence-electron chi connectivity index (χ4n) is 3.19. The maximum absolute atomic E-state index is 10.4. The Bertz CT molecular complexity index is 825. The van der Waals surface area contributed by atoms with Crippen LogP contribution in [0.4, 0.5) is 0 Å². The van der Waals surface area contributed by atoms with Crippen LogP contribution in [0.5, 0.6) is 0 Å². The Morgan fingerprint density at radius 2 is 2.16 bits per heavy atom. The maximum atomic E-state index is 10.4. The molecule has 2 N–H and O–H groups in total. The number of hydrogen-bond donors (Lipinski definition) is 2. The average molecular weight is 420 g/mol. The second kappa shape index (κ2) is 6.90. The standard InChI is InChI=1S/C18H18BrN3O2S/c19-12-5-3-11(4-6-12)14-10-25-18(21-14)16-15(23)9-22(17(16)20)8-13-2-1-7-24-13/h3-6,10,13,20,23H,1-2,7-9H2/t13-/m0/s1. The number of aliphatic hydroxyl groups is 1. The third-order valence-corrected chi connectivity index (χ3v) is 5.88. The molecule has 25 heavy (non-hydrogen) atoms. The molecule has 3 heterocycles. The van der Waals surface area contributed by atoms with E-state index in [-0.39, 0.29) is 11.9 Å². The van der Waals surface area contributed by atoms with Crippen molar-refractivity contribution in [1.29, 1.82) is 5.41 Å². The number of halogens is 1. The van der Waals surface area contributed by atoms with Crippen LogP contribution in [0.3, 0.4) is 0 Å². The first-order valence-electron chi connectivity index (χ1n) is 8.21. The molecule has 0 spiro atoms. The van der Waals surface area contributed by atoms with E-state index in [4.69, 9.17) is 10.1 Å². The third kappa shape index (κ3) is 3.36. The molecule has 4 rings (SSSR count). The highest BCUT2D eigenvalue weighted by atomic mass is 79.9. The van der Waals surface area contributed by atoms with Gasteiger partial charge in [-0.3, -0.25) is 5.41 Å². The number of thiazole rings is 1. The van der Waals surface area contributed by atoms with Gasteiger partial charge in [0.1, 0.15) is 16.6 Å². The number of aliphatic hydroxyl groups excluding tert-OH is 1. The number of amidine groups is 1. The van der Waals surface area contributed by atoms with Gasteiger partial charge in [0.15, 0.2) is 0 Å². The van der Waals surface area contributed by atoms with E-state index in [2.05, 4.69) is 20.9 Å². The minimum Gasteiger partial charge on any atom is -0.510 e. The van der Waals surface area contributed by atoms with E-state index in [1.165, 1.54) is 11.3 Å². The molecule has 1 saturated heterocycles. The molecule has 2 aromatic rings. The Morgan fingerprint density at radius 3 is 2.88 bits per heavy atom. The van der Waals surface area contributed by atoms with Crippen molar-refractivity contribution < 1.29 is 9.84 Å². The Morgan fingerprint density at radius 1 is 1.36 bits per heavy atom. The van der Waals surface area contributed by atoms with E-state index in [1.54, 1.807) is 0 Å². The molecular formula is C18H18BrN3O2S. The summed E-state index contributed by atoms with van der Waals surface area (Å²) in [4.78, 5) is 6.52. The topological polar surface area (TPSA) is 69.4 Å². The molecular weight excluding hydrogens is 402 g/mol. The van der Waals surface area contributed by atoms with Crippen molar-refractivity contribution in [2.75, 3.05) is 19.7 Å². The first-order valence-corrected chi connectivity index (χ1v) is 9.88. The monoisotopic (exact) mass is 419 g/mol. The molecule has 2 aliphatic heterocycles. The van der Waals surface area contributed by atoms with Gasteiger partial charge in [-0.05, 0) is 25.0 Å². The number of nitrogens with zero attached hydrogens (tertiary/aromatic N) is 2. The minimum atomic E-state index is 0.155. The number of aromatic nitrogens is 1. The van der Waals surface area contributed by atoms with Gasteiger partial charge < -0.3 is 14.7 Å². The number of nitrogens with one attached hydrogen (secondary N) is 1. The first-order chi connectivity index (χ1) is 12.1. The molecule has 1 aromatic heterocycles. The van der Waals surface area contributed by atoms with Crippen molar-refractivity contribution in [3.8, 4) is 11.3 Å². The molecule has 1 atom stereocenters. The summed E-state index contributed by atoms with van der Waals surface area (Å²) in [5, 5.41) is 21.5. The summed E-state index contributed by atoms with van der Waals surface area (Å²) >= 11 is 4.89. The minimum absolute atomic E-state index is 0.155. The summed E-state index contributed by atoms with van der Waals surface area (Å²) in [6.45, 7) is 1.81. The van der Waals surface area contributed by atoms with Crippen molar-refractivity contribution in [3.05, 3.63) is 44.9 Å². The van der Waals surface area contributed by atoms with Gasteiger partial charge in [0.05, 0.1) is 23.9 Å². The molecule has 0 aliphatic carbocycles. The summed E-state index contributed by atoms with van der Waals surface area (Å²) in [7, 11) is 0. The van der Waals surface area contributed by atoms with Crippen LogP contribution >= 0.6 is 27.3 Å². The van der Waals surface area contributed by atoms with Gasteiger partial charge in [-0.15, -0.1) is 11.3 Å². The quantitative estimate of drug-likeness (QED) is 0.774. The lowest BCUT2D eigenvalue weighted by molar-refractivity contribution is 0.0924. The van der Waals surface area contributed by atoms with Gasteiger partial charge in [0.25, 0.3) is 0 Å². The Balaban J connectivity index is 1.54. The summed E-state index contributed by atoms with van der Waals surface area (Å²) in [5.74, 6) is 0.560. The van der Waals surface area contributed by atoms with E-state index >= 15 is 0 Å². The van der Waals surface area contributed by atoms with Crippen LogP contribution in [0.1, 0.15) is 17.8 Å². The van der Waals surface area contributed by atoms with E-state index in [9.17, 15) is 5.11 Å². The van der Waals surface area contributed by atoms with E-state index in [1.807, 2.05) is 34.5 Å². The zero-order valence-corrected chi connectivity index (χ0v) is 15.9. The van der Waals surface area contributed by atoms with Crippen LogP contribution in [0, 0.1) is 5.41 Å². The first kappa shape index (κ1) is 16.8. The smallest absolute Gasteiger partial charge is 0.135 e. The highest BCUT2D eigenvalue weighted by Gasteiger charge is 2.32.